The van der Waals surface area contributed by atoms with Crippen molar-refractivity contribution in [3.63, 3.8) is 0 Å². The van der Waals surface area contributed by atoms with Crippen LogP contribution in [-0.4, -0.2) is 33.6 Å². The van der Waals surface area contributed by atoms with Crippen LogP contribution in [0.5, 0.6) is 0 Å². The summed E-state index contributed by atoms with van der Waals surface area (Å²) in [4.78, 5) is 0. The fourth-order valence-corrected chi connectivity index (χ4v) is 5.62. The van der Waals surface area contributed by atoms with E-state index in [4.69, 9.17) is 0 Å². The summed E-state index contributed by atoms with van der Waals surface area (Å²) < 4.78 is 0. The van der Waals surface area contributed by atoms with Gasteiger partial charge in [0.1, 0.15) is 0 Å². The van der Waals surface area contributed by atoms with Gasteiger partial charge in [0.15, 0.2) is 0 Å². The Balaban J connectivity index is 1.63. The zero-order chi connectivity index (χ0) is 16.0. The largest absolute Gasteiger partial charge is 0.393 e. The number of rotatable bonds is 3. The molecule has 3 fully saturated rings. The third-order valence-corrected chi connectivity index (χ3v) is 6.87. The van der Waals surface area contributed by atoms with Crippen LogP contribution in [0.25, 0.3) is 0 Å². The molecule has 3 heteroatoms. The van der Waals surface area contributed by atoms with Gasteiger partial charge in [-0.05, 0) is 50.5 Å². The summed E-state index contributed by atoms with van der Waals surface area (Å²) in [5.41, 5.74) is 4.10. The second-order valence-corrected chi connectivity index (χ2v) is 8.19. The van der Waals surface area contributed by atoms with Gasteiger partial charge in [0.25, 0.3) is 0 Å². The molecule has 0 bridgehead atoms. The predicted molar refractivity (Wildman–Crippen MR) is 89.8 cm³/mol. The molecule has 0 aromatic heterocycles. The van der Waals surface area contributed by atoms with Crippen LogP contribution in [0, 0.1) is 17.8 Å². The van der Waals surface area contributed by atoms with E-state index in [0.717, 1.165) is 64.2 Å². The molecule has 0 aliphatic heterocycles. The van der Waals surface area contributed by atoms with Crippen molar-refractivity contribution >= 4 is 0 Å². The Morgan fingerprint density at radius 3 is 1.70 bits per heavy atom. The van der Waals surface area contributed by atoms with Crippen molar-refractivity contribution in [3.05, 3.63) is 22.8 Å². The van der Waals surface area contributed by atoms with E-state index in [9.17, 15) is 15.3 Å². The van der Waals surface area contributed by atoms with Crippen molar-refractivity contribution in [1.29, 1.82) is 0 Å². The standard InChI is InChI=1S/C20H30O3/c21-18-7-1-4-13(18)12-10-16(14-5-2-8-19(14)22)17(11-12)15-6-3-9-20(15)23/h10,13-15,18-23H,1-9,11H2. The maximum Gasteiger partial charge on any atom is 0.0608 e. The molecule has 0 aromatic carbocycles. The van der Waals surface area contributed by atoms with Gasteiger partial charge in [-0.25, -0.2) is 0 Å². The Morgan fingerprint density at radius 2 is 1.17 bits per heavy atom. The van der Waals surface area contributed by atoms with Gasteiger partial charge in [-0.15, -0.1) is 0 Å². The summed E-state index contributed by atoms with van der Waals surface area (Å²) in [5, 5.41) is 31.1. The molecule has 0 saturated heterocycles. The van der Waals surface area contributed by atoms with Crippen LogP contribution < -0.4 is 0 Å². The van der Waals surface area contributed by atoms with Gasteiger partial charge in [-0.3, -0.25) is 0 Å². The molecule has 4 aliphatic carbocycles. The van der Waals surface area contributed by atoms with Crippen molar-refractivity contribution in [2.45, 2.75) is 82.5 Å². The lowest BCUT2D eigenvalue weighted by Gasteiger charge is -2.23. The first-order valence-corrected chi connectivity index (χ1v) is 9.62. The summed E-state index contributed by atoms with van der Waals surface area (Å²) >= 11 is 0. The molecule has 6 unspecified atom stereocenters. The van der Waals surface area contributed by atoms with E-state index in [-0.39, 0.29) is 30.1 Å². The maximum absolute atomic E-state index is 10.4. The number of hydrogen-bond donors (Lipinski definition) is 3. The zero-order valence-electron chi connectivity index (χ0n) is 14.0. The van der Waals surface area contributed by atoms with Crippen molar-refractivity contribution in [1.82, 2.24) is 0 Å². The molecule has 3 N–H and O–H groups in total. The summed E-state index contributed by atoms with van der Waals surface area (Å²) in [6.45, 7) is 0. The fraction of sp³-hybridized carbons (Fsp3) is 0.800. The normalized spacial score (nSPS) is 44.4. The van der Waals surface area contributed by atoms with Crippen LogP contribution in [-0.2, 0) is 0 Å². The van der Waals surface area contributed by atoms with Crippen molar-refractivity contribution in [2.75, 3.05) is 0 Å². The van der Waals surface area contributed by atoms with E-state index in [0.29, 0.717) is 5.92 Å². The summed E-state index contributed by atoms with van der Waals surface area (Å²) in [7, 11) is 0. The van der Waals surface area contributed by atoms with E-state index in [1.54, 1.807) is 0 Å². The van der Waals surface area contributed by atoms with E-state index in [1.807, 2.05) is 0 Å². The molecule has 0 radical (unpaired) electrons. The highest BCUT2D eigenvalue weighted by Crippen LogP contribution is 2.48. The maximum atomic E-state index is 10.4. The Bertz CT molecular complexity index is 521. The molecule has 23 heavy (non-hydrogen) atoms. The highest BCUT2D eigenvalue weighted by atomic mass is 16.3. The van der Waals surface area contributed by atoms with Crippen LogP contribution >= 0.6 is 0 Å². The van der Waals surface area contributed by atoms with Crippen LogP contribution in [0.4, 0.5) is 0 Å². The minimum Gasteiger partial charge on any atom is -0.393 e. The molecule has 0 heterocycles. The molecule has 0 spiro atoms. The second kappa shape index (κ2) is 6.34. The second-order valence-electron chi connectivity index (χ2n) is 8.19. The topological polar surface area (TPSA) is 60.7 Å². The smallest absolute Gasteiger partial charge is 0.0608 e. The Kier molecular flexibility index (Phi) is 4.38. The third-order valence-electron chi connectivity index (χ3n) is 6.87. The van der Waals surface area contributed by atoms with Crippen molar-refractivity contribution in [2.24, 2.45) is 17.8 Å². The van der Waals surface area contributed by atoms with Gasteiger partial charge in [0, 0.05) is 17.8 Å². The van der Waals surface area contributed by atoms with Crippen molar-refractivity contribution < 1.29 is 15.3 Å². The number of allylic oxidation sites excluding steroid dienone is 1. The minimum atomic E-state index is -0.220. The Labute approximate surface area is 139 Å². The highest BCUT2D eigenvalue weighted by Gasteiger charge is 2.40. The number of aliphatic hydroxyl groups excluding tert-OH is 3. The molecule has 128 valence electrons. The Hall–Kier alpha value is -0.640. The summed E-state index contributed by atoms with van der Waals surface area (Å²) in [6, 6.07) is 0. The van der Waals surface area contributed by atoms with Crippen molar-refractivity contribution in [3.8, 4) is 0 Å². The molecule has 0 aromatic rings. The molecule has 3 nitrogen and oxygen atoms in total. The first kappa shape index (κ1) is 15.9. The highest BCUT2D eigenvalue weighted by molar-refractivity contribution is 5.44. The van der Waals surface area contributed by atoms with E-state index >= 15 is 0 Å². The quantitative estimate of drug-likeness (QED) is 0.749. The SMILES string of the molecule is OC1CCCC1C1=CC(C2CCCC2O)=C(C2CCCC2O)C1. The van der Waals surface area contributed by atoms with Gasteiger partial charge in [-0.2, -0.15) is 0 Å². The molecule has 4 rings (SSSR count). The lowest BCUT2D eigenvalue weighted by molar-refractivity contribution is 0.138. The van der Waals surface area contributed by atoms with Crippen LogP contribution in [0.1, 0.15) is 64.2 Å². The Morgan fingerprint density at radius 1 is 0.652 bits per heavy atom. The average molecular weight is 318 g/mol. The monoisotopic (exact) mass is 318 g/mol. The molecular formula is C20H30O3. The van der Waals surface area contributed by atoms with Gasteiger partial charge in [0.2, 0.25) is 0 Å². The van der Waals surface area contributed by atoms with E-state index in [1.165, 1.54) is 16.7 Å². The minimum absolute atomic E-state index is 0.191. The number of aliphatic hydroxyl groups is 3. The van der Waals surface area contributed by atoms with Crippen LogP contribution in [0.15, 0.2) is 22.8 Å². The lowest BCUT2D eigenvalue weighted by Crippen LogP contribution is -2.20. The molecule has 3 saturated carbocycles. The first-order chi connectivity index (χ1) is 11.1. The zero-order valence-corrected chi connectivity index (χ0v) is 14.0. The molecule has 0 amide bonds. The lowest BCUT2D eigenvalue weighted by atomic mass is 9.85. The summed E-state index contributed by atoms with van der Waals surface area (Å²) in [6.07, 6.45) is 11.9. The molecular weight excluding hydrogens is 288 g/mol. The van der Waals surface area contributed by atoms with E-state index < -0.39 is 0 Å². The van der Waals surface area contributed by atoms with Gasteiger partial charge < -0.3 is 15.3 Å². The number of hydrogen-bond acceptors (Lipinski definition) is 3. The fourth-order valence-electron chi connectivity index (χ4n) is 5.62. The van der Waals surface area contributed by atoms with Gasteiger partial charge >= 0.3 is 0 Å². The molecule has 6 atom stereocenters. The molecule has 4 aliphatic rings. The first-order valence-electron chi connectivity index (χ1n) is 9.62. The van der Waals surface area contributed by atoms with Gasteiger partial charge in [-0.1, -0.05) is 36.5 Å². The summed E-state index contributed by atoms with van der Waals surface area (Å²) in [5.74, 6) is 0.846. The third kappa shape index (κ3) is 2.81. The van der Waals surface area contributed by atoms with Crippen LogP contribution in [0.2, 0.25) is 0 Å². The van der Waals surface area contributed by atoms with Crippen LogP contribution in [0.3, 0.4) is 0 Å². The predicted octanol–water partition coefficient (Wildman–Crippen LogP) is 3.10. The van der Waals surface area contributed by atoms with E-state index in [2.05, 4.69) is 6.08 Å². The van der Waals surface area contributed by atoms with Gasteiger partial charge in [0.05, 0.1) is 18.3 Å². The average Bonchev–Trinajstić information content (AvgIpc) is 3.26.